The maximum atomic E-state index is 12.1. The molecule has 2 rings (SSSR count). The molecule has 0 aliphatic carbocycles. The van der Waals surface area contributed by atoms with E-state index in [1.165, 1.54) is 0 Å². The number of amides is 1. The van der Waals surface area contributed by atoms with Crippen molar-refractivity contribution in [1.82, 2.24) is 20.4 Å². The summed E-state index contributed by atoms with van der Waals surface area (Å²) in [4.78, 5) is 20.5. The number of nitrogens with one attached hydrogen (secondary N) is 2. The van der Waals surface area contributed by atoms with Crippen LogP contribution in [0.25, 0.3) is 0 Å². The van der Waals surface area contributed by atoms with E-state index in [2.05, 4.69) is 26.6 Å². The van der Waals surface area contributed by atoms with Crippen molar-refractivity contribution >= 4 is 11.9 Å². The Bertz CT molecular complexity index is 639. The highest BCUT2D eigenvalue weighted by Gasteiger charge is 2.19. The van der Waals surface area contributed by atoms with Crippen molar-refractivity contribution in [2.24, 2.45) is 4.99 Å². The molecule has 1 aliphatic heterocycles. The first-order valence-corrected chi connectivity index (χ1v) is 10.0. The Labute approximate surface area is 169 Å². The van der Waals surface area contributed by atoms with Gasteiger partial charge < -0.3 is 25.2 Å². The van der Waals surface area contributed by atoms with Gasteiger partial charge in [0.2, 0.25) is 0 Å². The second-order valence-electron chi connectivity index (χ2n) is 7.40. The number of nitrogens with zero attached hydrogens (tertiary/aromatic N) is 3. The summed E-state index contributed by atoms with van der Waals surface area (Å²) in [5.74, 6) is 0.875. The normalized spacial score (nSPS) is 16.1. The monoisotopic (exact) mass is 389 g/mol. The highest BCUT2D eigenvalue weighted by atomic mass is 16.5. The summed E-state index contributed by atoms with van der Waals surface area (Å²) in [6.07, 6.45) is 3.06. The van der Waals surface area contributed by atoms with Crippen molar-refractivity contribution in [2.75, 3.05) is 61.0 Å². The van der Waals surface area contributed by atoms with E-state index in [4.69, 9.17) is 4.74 Å². The molecule has 0 unspecified atom stereocenters. The van der Waals surface area contributed by atoms with E-state index in [0.29, 0.717) is 6.04 Å². The van der Waals surface area contributed by atoms with Crippen molar-refractivity contribution in [3.63, 3.8) is 0 Å². The van der Waals surface area contributed by atoms with Crippen LogP contribution in [0.15, 0.2) is 29.3 Å². The number of rotatable bonds is 8. The molecule has 1 fully saturated rings. The predicted molar refractivity (Wildman–Crippen MR) is 114 cm³/mol. The van der Waals surface area contributed by atoms with Gasteiger partial charge in [0.15, 0.2) is 5.96 Å². The van der Waals surface area contributed by atoms with E-state index in [-0.39, 0.29) is 5.91 Å². The van der Waals surface area contributed by atoms with Crippen molar-refractivity contribution in [1.29, 1.82) is 0 Å². The van der Waals surface area contributed by atoms with Crippen LogP contribution < -0.4 is 10.6 Å². The first-order chi connectivity index (χ1) is 13.5. The van der Waals surface area contributed by atoms with Crippen LogP contribution in [0.1, 0.15) is 28.8 Å². The van der Waals surface area contributed by atoms with Crippen molar-refractivity contribution in [3.05, 3.63) is 35.4 Å². The van der Waals surface area contributed by atoms with Crippen LogP contribution in [0.5, 0.6) is 0 Å². The Kier molecular flexibility index (Phi) is 9.23. The molecule has 0 radical (unpaired) electrons. The number of guanidine groups is 1. The number of ether oxygens (including phenoxy) is 1. The molecule has 28 heavy (non-hydrogen) atoms. The standard InChI is InChI=1S/C21H35N5O2/c1-22-21(24-19-9-12-26(13-10-19)14-15-28-4)23-11-8-17-6-5-7-18(16-17)20(27)25(2)3/h5-7,16,19H,8-15H2,1-4H3,(H2,22,23,24). The Balaban J connectivity index is 1.75. The van der Waals surface area contributed by atoms with Crippen LogP contribution >= 0.6 is 0 Å². The fraction of sp³-hybridized carbons (Fsp3) is 0.619. The molecule has 1 saturated heterocycles. The fourth-order valence-corrected chi connectivity index (χ4v) is 3.35. The van der Waals surface area contributed by atoms with Crippen LogP contribution in [0.2, 0.25) is 0 Å². The van der Waals surface area contributed by atoms with Crippen LogP contribution in [0.4, 0.5) is 0 Å². The average Bonchev–Trinajstić information content (AvgIpc) is 2.72. The topological polar surface area (TPSA) is 69.2 Å². The smallest absolute Gasteiger partial charge is 0.253 e. The van der Waals surface area contributed by atoms with E-state index < -0.39 is 0 Å². The Morgan fingerprint density at radius 1 is 1.32 bits per heavy atom. The molecule has 1 amide bonds. The van der Waals surface area contributed by atoms with Gasteiger partial charge in [0.05, 0.1) is 6.61 Å². The van der Waals surface area contributed by atoms with Gasteiger partial charge in [0.25, 0.3) is 5.91 Å². The van der Waals surface area contributed by atoms with E-state index in [1.807, 2.05) is 18.2 Å². The molecule has 156 valence electrons. The molecule has 7 nitrogen and oxygen atoms in total. The molecule has 1 aromatic carbocycles. The van der Waals surface area contributed by atoms with E-state index in [9.17, 15) is 4.79 Å². The van der Waals surface area contributed by atoms with E-state index >= 15 is 0 Å². The summed E-state index contributed by atoms with van der Waals surface area (Å²) in [5, 5.41) is 6.93. The first kappa shape index (κ1) is 22.2. The number of likely N-dealkylation sites (tertiary alicyclic amines) is 1. The fourth-order valence-electron chi connectivity index (χ4n) is 3.35. The number of benzene rings is 1. The van der Waals surface area contributed by atoms with Crippen LogP contribution in [-0.2, 0) is 11.2 Å². The molecule has 7 heteroatoms. The third-order valence-corrected chi connectivity index (χ3v) is 5.05. The van der Waals surface area contributed by atoms with E-state index in [0.717, 1.165) is 69.1 Å². The SMILES string of the molecule is CN=C(NCCc1cccc(C(=O)N(C)C)c1)NC1CCN(CCOC)CC1. The lowest BCUT2D eigenvalue weighted by atomic mass is 10.1. The van der Waals surface area contributed by atoms with Gasteiger partial charge in [-0.15, -0.1) is 0 Å². The highest BCUT2D eigenvalue weighted by molar-refractivity contribution is 5.94. The summed E-state index contributed by atoms with van der Waals surface area (Å²) in [6, 6.07) is 8.27. The zero-order valence-corrected chi connectivity index (χ0v) is 17.7. The number of hydrogen-bond donors (Lipinski definition) is 2. The summed E-state index contributed by atoms with van der Waals surface area (Å²) < 4.78 is 5.16. The highest BCUT2D eigenvalue weighted by Crippen LogP contribution is 2.10. The molecule has 1 aliphatic rings. The quantitative estimate of drug-likeness (QED) is 0.517. The Morgan fingerprint density at radius 3 is 2.71 bits per heavy atom. The maximum absolute atomic E-state index is 12.1. The Hall–Kier alpha value is -2.12. The second-order valence-corrected chi connectivity index (χ2v) is 7.40. The van der Waals surface area contributed by atoms with Crippen LogP contribution in [-0.4, -0.2) is 88.7 Å². The summed E-state index contributed by atoms with van der Waals surface area (Å²) in [7, 11) is 7.10. The minimum Gasteiger partial charge on any atom is -0.383 e. The number of methoxy groups -OCH3 is 1. The third-order valence-electron chi connectivity index (χ3n) is 5.05. The van der Waals surface area contributed by atoms with E-state index in [1.54, 1.807) is 33.2 Å². The van der Waals surface area contributed by atoms with Gasteiger partial charge in [0.1, 0.15) is 0 Å². The number of carbonyl (C=O) groups excluding carboxylic acids is 1. The third kappa shape index (κ3) is 7.13. The molecule has 0 spiro atoms. The summed E-state index contributed by atoms with van der Waals surface area (Å²) >= 11 is 0. The number of piperidine rings is 1. The molecule has 0 saturated carbocycles. The lowest BCUT2D eigenvalue weighted by Crippen LogP contribution is -2.49. The number of carbonyl (C=O) groups is 1. The van der Waals surface area contributed by atoms with Crippen LogP contribution in [0, 0.1) is 0 Å². The Morgan fingerprint density at radius 2 is 2.07 bits per heavy atom. The molecule has 1 aromatic rings. The van der Waals surface area contributed by atoms with Gasteiger partial charge in [-0.1, -0.05) is 12.1 Å². The van der Waals surface area contributed by atoms with Crippen molar-refractivity contribution in [2.45, 2.75) is 25.3 Å². The maximum Gasteiger partial charge on any atom is 0.253 e. The zero-order chi connectivity index (χ0) is 20.4. The summed E-state index contributed by atoms with van der Waals surface area (Å²) in [5.41, 5.74) is 1.87. The molecular weight excluding hydrogens is 354 g/mol. The zero-order valence-electron chi connectivity index (χ0n) is 17.7. The number of hydrogen-bond acceptors (Lipinski definition) is 4. The first-order valence-electron chi connectivity index (χ1n) is 10.0. The molecule has 0 bridgehead atoms. The van der Waals surface area contributed by atoms with Crippen molar-refractivity contribution in [3.8, 4) is 0 Å². The number of aliphatic imine (C=N–C) groups is 1. The minimum absolute atomic E-state index is 0.0316. The van der Waals surface area contributed by atoms with Gasteiger partial charge in [-0.2, -0.15) is 0 Å². The summed E-state index contributed by atoms with van der Waals surface area (Å²) in [6.45, 7) is 4.75. The average molecular weight is 390 g/mol. The van der Waals surface area contributed by atoms with Gasteiger partial charge in [-0.25, -0.2) is 0 Å². The van der Waals surface area contributed by atoms with Crippen molar-refractivity contribution < 1.29 is 9.53 Å². The molecule has 1 heterocycles. The largest absolute Gasteiger partial charge is 0.383 e. The van der Waals surface area contributed by atoms with Gasteiger partial charge in [0, 0.05) is 66.0 Å². The molecule has 2 N–H and O–H groups in total. The molecule has 0 atom stereocenters. The molecular formula is C21H35N5O2. The van der Waals surface area contributed by atoms with Gasteiger partial charge in [-0.3, -0.25) is 9.79 Å². The minimum atomic E-state index is 0.0316. The van der Waals surface area contributed by atoms with Gasteiger partial charge >= 0.3 is 0 Å². The lowest BCUT2D eigenvalue weighted by molar-refractivity contribution is 0.0827. The molecule has 0 aromatic heterocycles. The predicted octanol–water partition coefficient (Wildman–Crippen LogP) is 1.21. The van der Waals surface area contributed by atoms with Crippen LogP contribution in [0.3, 0.4) is 0 Å². The second kappa shape index (κ2) is 11.7. The lowest BCUT2D eigenvalue weighted by Gasteiger charge is -2.32. The van der Waals surface area contributed by atoms with Gasteiger partial charge in [-0.05, 0) is 37.0 Å².